The van der Waals surface area contributed by atoms with Crippen molar-refractivity contribution in [3.05, 3.63) is 59.7 Å². The van der Waals surface area contributed by atoms with Crippen LogP contribution in [-0.4, -0.2) is 18.0 Å². The lowest BCUT2D eigenvalue weighted by atomic mass is 9.95. The maximum absolute atomic E-state index is 12.2. The van der Waals surface area contributed by atoms with Gasteiger partial charge in [-0.25, -0.2) is 4.79 Å². The number of rotatable bonds is 4. The van der Waals surface area contributed by atoms with Crippen molar-refractivity contribution in [2.24, 2.45) is 5.73 Å². The summed E-state index contributed by atoms with van der Waals surface area (Å²) in [6.45, 7) is 3.58. The summed E-state index contributed by atoms with van der Waals surface area (Å²) in [5, 5.41) is 0. The zero-order chi connectivity index (χ0) is 15.4. The van der Waals surface area contributed by atoms with Crippen molar-refractivity contribution in [2.45, 2.75) is 20.0 Å². The number of nitrogens with two attached hydrogens (primary N) is 1. The summed E-state index contributed by atoms with van der Waals surface area (Å²) in [5.74, 6) is -0.947. The second-order valence-corrected chi connectivity index (χ2v) is 4.91. The Kier molecular flexibility index (Phi) is 4.38. The van der Waals surface area contributed by atoms with Crippen molar-refractivity contribution in [1.29, 1.82) is 0 Å². The summed E-state index contributed by atoms with van der Waals surface area (Å²) in [5.41, 5.74) is 7.46. The largest absolute Gasteiger partial charge is 0.459 e. The Bertz CT molecular complexity index is 677. The topological polar surface area (TPSA) is 69.4 Å². The molecule has 0 aliphatic rings. The van der Waals surface area contributed by atoms with E-state index in [1.54, 1.807) is 62.4 Å². The van der Waals surface area contributed by atoms with Crippen molar-refractivity contribution in [2.75, 3.05) is 0 Å². The SMILES string of the molecule is CC(C)OC(=O)c1ccccc1-c1ccccc1C(N)=O. The fourth-order valence-corrected chi connectivity index (χ4v) is 2.11. The molecule has 0 saturated carbocycles. The Morgan fingerprint density at radius 2 is 1.38 bits per heavy atom. The smallest absolute Gasteiger partial charge is 0.339 e. The van der Waals surface area contributed by atoms with Crippen LogP contribution < -0.4 is 5.73 Å². The Morgan fingerprint density at radius 1 is 0.905 bits per heavy atom. The number of benzene rings is 2. The standard InChI is InChI=1S/C17H17NO3/c1-11(2)21-17(20)15-10-6-4-8-13(15)12-7-3-5-9-14(12)16(18)19/h3-11H,1-2H3,(H2,18,19). The van der Waals surface area contributed by atoms with E-state index >= 15 is 0 Å². The highest BCUT2D eigenvalue weighted by Gasteiger charge is 2.18. The first-order valence-electron chi connectivity index (χ1n) is 6.70. The second kappa shape index (κ2) is 6.22. The fourth-order valence-electron chi connectivity index (χ4n) is 2.11. The molecular weight excluding hydrogens is 266 g/mol. The summed E-state index contributed by atoms with van der Waals surface area (Å²) in [6.07, 6.45) is -0.211. The van der Waals surface area contributed by atoms with Crippen molar-refractivity contribution < 1.29 is 14.3 Å². The van der Waals surface area contributed by atoms with Gasteiger partial charge in [-0.05, 0) is 37.1 Å². The van der Waals surface area contributed by atoms with Crippen LogP contribution in [0.1, 0.15) is 34.6 Å². The number of hydrogen-bond donors (Lipinski definition) is 1. The maximum Gasteiger partial charge on any atom is 0.339 e. The fraction of sp³-hybridized carbons (Fsp3) is 0.176. The molecule has 0 heterocycles. The monoisotopic (exact) mass is 283 g/mol. The Hall–Kier alpha value is -2.62. The molecule has 0 saturated heterocycles. The van der Waals surface area contributed by atoms with E-state index in [1.165, 1.54) is 0 Å². The van der Waals surface area contributed by atoms with E-state index in [0.29, 0.717) is 22.3 Å². The number of amides is 1. The third-order valence-electron chi connectivity index (χ3n) is 2.97. The summed E-state index contributed by atoms with van der Waals surface area (Å²) < 4.78 is 5.24. The number of ether oxygens (including phenoxy) is 1. The zero-order valence-corrected chi connectivity index (χ0v) is 12.0. The molecule has 2 rings (SSSR count). The quantitative estimate of drug-likeness (QED) is 0.877. The van der Waals surface area contributed by atoms with Crippen molar-refractivity contribution in [1.82, 2.24) is 0 Å². The predicted molar refractivity (Wildman–Crippen MR) is 80.9 cm³/mol. The average molecular weight is 283 g/mol. The van der Waals surface area contributed by atoms with Gasteiger partial charge in [-0.3, -0.25) is 4.79 Å². The zero-order valence-electron chi connectivity index (χ0n) is 12.0. The molecule has 4 heteroatoms. The minimum atomic E-state index is -0.530. The van der Waals surface area contributed by atoms with Crippen LogP contribution in [0, 0.1) is 0 Å². The van der Waals surface area contributed by atoms with E-state index in [2.05, 4.69) is 0 Å². The van der Waals surface area contributed by atoms with Gasteiger partial charge in [-0.2, -0.15) is 0 Å². The molecule has 0 fully saturated rings. The van der Waals surface area contributed by atoms with Crippen LogP contribution in [0.15, 0.2) is 48.5 Å². The molecule has 0 spiro atoms. The van der Waals surface area contributed by atoms with Gasteiger partial charge in [0.2, 0.25) is 5.91 Å². The van der Waals surface area contributed by atoms with Crippen molar-refractivity contribution in [3.8, 4) is 11.1 Å². The molecule has 1 amide bonds. The third kappa shape index (κ3) is 3.28. The Labute approximate surface area is 123 Å². The van der Waals surface area contributed by atoms with Crippen molar-refractivity contribution in [3.63, 3.8) is 0 Å². The van der Waals surface area contributed by atoms with Crippen LogP contribution in [0.3, 0.4) is 0 Å². The molecule has 2 aromatic carbocycles. The molecule has 0 unspecified atom stereocenters. The molecular formula is C17H17NO3. The van der Waals surface area contributed by atoms with Crippen LogP contribution >= 0.6 is 0 Å². The van der Waals surface area contributed by atoms with Crippen LogP contribution in [-0.2, 0) is 4.74 Å². The van der Waals surface area contributed by atoms with Crippen LogP contribution in [0.4, 0.5) is 0 Å². The van der Waals surface area contributed by atoms with Gasteiger partial charge in [0.05, 0.1) is 11.7 Å². The van der Waals surface area contributed by atoms with E-state index < -0.39 is 11.9 Å². The number of hydrogen-bond acceptors (Lipinski definition) is 3. The van der Waals surface area contributed by atoms with E-state index in [4.69, 9.17) is 10.5 Å². The van der Waals surface area contributed by atoms with E-state index in [-0.39, 0.29) is 6.10 Å². The summed E-state index contributed by atoms with van der Waals surface area (Å²) in [7, 11) is 0. The summed E-state index contributed by atoms with van der Waals surface area (Å²) >= 11 is 0. The lowest BCUT2D eigenvalue weighted by Gasteiger charge is -2.13. The third-order valence-corrected chi connectivity index (χ3v) is 2.97. The van der Waals surface area contributed by atoms with E-state index in [9.17, 15) is 9.59 Å². The number of carbonyl (C=O) groups is 2. The summed E-state index contributed by atoms with van der Waals surface area (Å²) in [6, 6.07) is 14.0. The molecule has 0 radical (unpaired) electrons. The number of esters is 1. The second-order valence-electron chi connectivity index (χ2n) is 4.91. The van der Waals surface area contributed by atoms with Gasteiger partial charge >= 0.3 is 5.97 Å². The van der Waals surface area contributed by atoms with Gasteiger partial charge in [-0.15, -0.1) is 0 Å². The van der Waals surface area contributed by atoms with Gasteiger partial charge < -0.3 is 10.5 Å². The lowest BCUT2D eigenvalue weighted by molar-refractivity contribution is 0.0378. The minimum absolute atomic E-state index is 0.211. The lowest BCUT2D eigenvalue weighted by Crippen LogP contribution is -2.15. The summed E-state index contributed by atoms with van der Waals surface area (Å²) in [4.78, 5) is 23.8. The first kappa shape index (κ1) is 14.8. The predicted octanol–water partition coefficient (Wildman–Crippen LogP) is 3.02. The molecule has 4 nitrogen and oxygen atoms in total. The van der Waals surface area contributed by atoms with Crippen LogP contribution in [0.2, 0.25) is 0 Å². The van der Waals surface area contributed by atoms with E-state index in [1.807, 2.05) is 0 Å². The van der Waals surface area contributed by atoms with Gasteiger partial charge in [-0.1, -0.05) is 36.4 Å². The molecule has 108 valence electrons. The average Bonchev–Trinajstić information content (AvgIpc) is 2.46. The molecule has 21 heavy (non-hydrogen) atoms. The molecule has 2 N–H and O–H groups in total. The van der Waals surface area contributed by atoms with Gasteiger partial charge in [0.25, 0.3) is 0 Å². The Balaban J connectivity index is 2.56. The van der Waals surface area contributed by atoms with Crippen LogP contribution in [0.5, 0.6) is 0 Å². The normalized spacial score (nSPS) is 10.4. The molecule has 0 bridgehead atoms. The molecule has 0 aliphatic heterocycles. The number of primary amides is 1. The van der Waals surface area contributed by atoms with Crippen molar-refractivity contribution >= 4 is 11.9 Å². The molecule has 0 atom stereocenters. The minimum Gasteiger partial charge on any atom is -0.459 e. The highest BCUT2D eigenvalue weighted by molar-refractivity contribution is 6.04. The molecule has 0 aliphatic carbocycles. The maximum atomic E-state index is 12.2. The number of carbonyl (C=O) groups excluding carboxylic acids is 2. The Morgan fingerprint density at radius 3 is 1.90 bits per heavy atom. The highest BCUT2D eigenvalue weighted by Crippen LogP contribution is 2.27. The van der Waals surface area contributed by atoms with E-state index in [0.717, 1.165) is 0 Å². The van der Waals surface area contributed by atoms with Gasteiger partial charge in [0, 0.05) is 5.56 Å². The van der Waals surface area contributed by atoms with Gasteiger partial charge in [0.15, 0.2) is 0 Å². The molecule has 0 aromatic heterocycles. The first-order chi connectivity index (χ1) is 10.0. The first-order valence-corrected chi connectivity index (χ1v) is 6.70. The van der Waals surface area contributed by atoms with Crippen LogP contribution in [0.25, 0.3) is 11.1 Å². The molecule has 2 aromatic rings. The highest BCUT2D eigenvalue weighted by atomic mass is 16.5. The van der Waals surface area contributed by atoms with Gasteiger partial charge in [0.1, 0.15) is 0 Å².